The average molecular weight is 440 g/mol. The Labute approximate surface area is 185 Å². The van der Waals surface area contributed by atoms with Crippen molar-refractivity contribution < 1.29 is 13.9 Å². The molecule has 1 saturated carbocycles. The summed E-state index contributed by atoms with van der Waals surface area (Å²) in [6, 6.07) is 17.2. The first-order valence-electron chi connectivity index (χ1n) is 10.3. The summed E-state index contributed by atoms with van der Waals surface area (Å²) < 4.78 is 19.1. The maximum atomic E-state index is 14.1. The second kappa shape index (κ2) is 9.10. The Balaban J connectivity index is 1.71. The zero-order valence-electron chi connectivity index (χ0n) is 17.2. The van der Waals surface area contributed by atoms with Gasteiger partial charge in [0.15, 0.2) is 5.82 Å². The number of carbonyl (C=O) groups excluding carboxylic acids is 1. The van der Waals surface area contributed by atoms with Gasteiger partial charge < -0.3 is 4.74 Å². The number of halogens is 2. The lowest BCUT2D eigenvalue weighted by Gasteiger charge is -2.43. The van der Waals surface area contributed by atoms with E-state index in [-0.39, 0.29) is 5.97 Å². The molecule has 5 nitrogen and oxygen atoms in total. The molecule has 0 radical (unpaired) electrons. The monoisotopic (exact) mass is 439 g/mol. The van der Waals surface area contributed by atoms with Crippen molar-refractivity contribution in [1.29, 1.82) is 0 Å². The van der Waals surface area contributed by atoms with Crippen LogP contribution in [0.15, 0.2) is 54.6 Å². The highest BCUT2D eigenvalue weighted by Crippen LogP contribution is 2.49. The van der Waals surface area contributed by atoms with Crippen LogP contribution in [0.25, 0.3) is 11.3 Å². The average Bonchev–Trinajstić information content (AvgIpc) is 2.75. The Morgan fingerprint density at radius 3 is 2.48 bits per heavy atom. The largest absolute Gasteiger partial charge is 0.466 e. The molecular formula is C24H23ClFN3O2. The van der Waals surface area contributed by atoms with Gasteiger partial charge in [0.05, 0.1) is 23.4 Å². The van der Waals surface area contributed by atoms with Crippen LogP contribution in [0.5, 0.6) is 0 Å². The van der Waals surface area contributed by atoms with Crippen LogP contribution in [0.1, 0.15) is 43.3 Å². The van der Waals surface area contributed by atoms with Gasteiger partial charge >= 0.3 is 5.97 Å². The predicted molar refractivity (Wildman–Crippen MR) is 117 cm³/mol. The van der Waals surface area contributed by atoms with Crippen molar-refractivity contribution in [1.82, 2.24) is 15.2 Å². The molecule has 31 heavy (non-hydrogen) atoms. The molecule has 1 aromatic heterocycles. The molecule has 0 aliphatic heterocycles. The van der Waals surface area contributed by atoms with Crippen LogP contribution in [-0.2, 0) is 21.4 Å². The number of ether oxygens (including phenoxy) is 1. The number of aryl methyl sites for hydroxylation is 1. The molecule has 1 heterocycles. The van der Waals surface area contributed by atoms with Crippen molar-refractivity contribution in [2.45, 2.75) is 44.2 Å². The first-order valence-corrected chi connectivity index (χ1v) is 10.7. The second-order valence-electron chi connectivity index (χ2n) is 7.83. The number of alkyl halides is 1. The number of benzene rings is 2. The molecule has 1 fully saturated rings. The summed E-state index contributed by atoms with van der Waals surface area (Å²) in [4.78, 5) is 15.9. The molecule has 0 amide bonds. The van der Waals surface area contributed by atoms with E-state index in [0.29, 0.717) is 43.1 Å². The van der Waals surface area contributed by atoms with Gasteiger partial charge in [-0.1, -0.05) is 54.1 Å². The second-order valence-corrected chi connectivity index (χ2v) is 8.27. The van der Waals surface area contributed by atoms with Gasteiger partial charge in [0.25, 0.3) is 0 Å². The number of hydrogen-bond donors (Lipinski definition) is 0. The minimum Gasteiger partial charge on any atom is -0.466 e. The van der Waals surface area contributed by atoms with Gasteiger partial charge in [-0.15, -0.1) is 5.10 Å². The van der Waals surface area contributed by atoms with Gasteiger partial charge in [-0.25, -0.2) is 9.37 Å². The number of hydrogen-bond acceptors (Lipinski definition) is 5. The minimum atomic E-state index is -0.900. The van der Waals surface area contributed by atoms with Crippen molar-refractivity contribution in [3.05, 3.63) is 76.7 Å². The van der Waals surface area contributed by atoms with E-state index in [1.165, 1.54) is 6.92 Å². The van der Waals surface area contributed by atoms with E-state index in [1.807, 2.05) is 42.5 Å². The highest BCUT2D eigenvalue weighted by atomic mass is 35.5. The Kier molecular flexibility index (Phi) is 6.28. The molecule has 3 aromatic rings. The summed E-state index contributed by atoms with van der Waals surface area (Å²) in [6.45, 7) is 1.70. The first kappa shape index (κ1) is 21.4. The smallest absolute Gasteiger partial charge is 0.302 e. The Morgan fingerprint density at radius 2 is 1.84 bits per heavy atom. The Morgan fingerprint density at radius 1 is 1.13 bits per heavy atom. The maximum absolute atomic E-state index is 14.1. The molecule has 0 atom stereocenters. The standard InChI is InChI=1S/C24H23ClFN3O2/c1-16(30)31-13-5-8-21-22(17-6-3-2-4-7-17)27-23(29-28-21)24(14-20(26)15-24)18-9-11-19(25)12-10-18/h2-4,6-7,9-12,20H,5,8,13-15H2,1H3/t20-,24-. The van der Waals surface area contributed by atoms with E-state index in [9.17, 15) is 9.18 Å². The fourth-order valence-corrected chi connectivity index (χ4v) is 4.14. The van der Waals surface area contributed by atoms with Gasteiger partial charge in [0, 0.05) is 17.5 Å². The van der Waals surface area contributed by atoms with E-state index in [2.05, 4.69) is 10.2 Å². The fourth-order valence-electron chi connectivity index (χ4n) is 4.01. The van der Waals surface area contributed by atoms with E-state index in [0.717, 1.165) is 22.5 Å². The number of aromatic nitrogens is 3. The number of carbonyl (C=O) groups is 1. The van der Waals surface area contributed by atoms with E-state index in [4.69, 9.17) is 21.3 Å². The van der Waals surface area contributed by atoms with Crippen LogP contribution in [0.3, 0.4) is 0 Å². The van der Waals surface area contributed by atoms with E-state index >= 15 is 0 Å². The number of rotatable bonds is 7. The molecule has 0 saturated heterocycles. The Hall–Kier alpha value is -2.86. The summed E-state index contributed by atoms with van der Waals surface area (Å²) in [7, 11) is 0. The van der Waals surface area contributed by atoms with Crippen LogP contribution in [0.4, 0.5) is 4.39 Å². The SMILES string of the molecule is CC(=O)OCCCc1nnc([C@]2(c3ccc(Cl)cc3)C[C@@H](F)C2)nc1-c1ccccc1. The van der Waals surface area contributed by atoms with Crippen molar-refractivity contribution in [3.8, 4) is 11.3 Å². The molecule has 1 aliphatic carbocycles. The van der Waals surface area contributed by atoms with Gasteiger partial charge in [-0.05, 0) is 43.4 Å². The third-order valence-electron chi connectivity index (χ3n) is 5.63. The molecule has 2 aromatic carbocycles. The van der Waals surface area contributed by atoms with Crippen molar-refractivity contribution in [3.63, 3.8) is 0 Å². The summed E-state index contributed by atoms with van der Waals surface area (Å²) in [6.07, 6.45) is 0.914. The van der Waals surface area contributed by atoms with Gasteiger partial charge in [-0.2, -0.15) is 5.10 Å². The van der Waals surface area contributed by atoms with Crippen molar-refractivity contribution in [2.24, 2.45) is 0 Å². The zero-order chi connectivity index (χ0) is 21.8. The molecule has 0 spiro atoms. The van der Waals surface area contributed by atoms with Crippen molar-refractivity contribution >= 4 is 17.6 Å². The van der Waals surface area contributed by atoms with Gasteiger partial charge in [0.2, 0.25) is 0 Å². The van der Waals surface area contributed by atoms with Gasteiger partial charge in [-0.3, -0.25) is 4.79 Å². The molecular weight excluding hydrogens is 417 g/mol. The molecule has 0 bridgehead atoms. The molecule has 160 valence electrons. The molecule has 7 heteroatoms. The fraction of sp³-hybridized carbons (Fsp3) is 0.333. The normalized spacial score (nSPS) is 20.2. The van der Waals surface area contributed by atoms with Crippen LogP contribution in [-0.4, -0.2) is 33.9 Å². The van der Waals surface area contributed by atoms with Crippen LogP contribution in [0, 0.1) is 0 Å². The van der Waals surface area contributed by atoms with Crippen LogP contribution < -0.4 is 0 Å². The summed E-state index contributed by atoms with van der Waals surface area (Å²) >= 11 is 6.05. The highest BCUT2D eigenvalue weighted by Gasteiger charge is 2.50. The lowest BCUT2D eigenvalue weighted by Crippen LogP contribution is -2.45. The first-order chi connectivity index (χ1) is 15.0. The summed E-state index contributed by atoms with van der Waals surface area (Å²) in [5.41, 5.74) is 2.70. The zero-order valence-corrected chi connectivity index (χ0v) is 18.0. The van der Waals surface area contributed by atoms with Crippen LogP contribution in [0.2, 0.25) is 5.02 Å². The maximum Gasteiger partial charge on any atom is 0.302 e. The van der Waals surface area contributed by atoms with E-state index in [1.54, 1.807) is 12.1 Å². The molecule has 1 aliphatic rings. The van der Waals surface area contributed by atoms with Crippen molar-refractivity contribution in [2.75, 3.05) is 6.61 Å². The lowest BCUT2D eigenvalue weighted by molar-refractivity contribution is -0.141. The topological polar surface area (TPSA) is 65.0 Å². The molecule has 4 rings (SSSR count). The highest BCUT2D eigenvalue weighted by molar-refractivity contribution is 6.30. The summed E-state index contributed by atoms with van der Waals surface area (Å²) in [5, 5.41) is 9.55. The predicted octanol–water partition coefficient (Wildman–Crippen LogP) is 5.11. The van der Waals surface area contributed by atoms with E-state index < -0.39 is 11.6 Å². The molecule has 0 unspecified atom stereocenters. The summed E-state index contributed by atoms with van der Waals surface area (Å²) in [5.74, 6) is 0.213. The third kappa shape index (κ3) is 4.59. The third-order valence-corrected chi connectivity index (χ3v) is 5.88. The van der Waals surface area contributed by atoms with Gasteiger partial charge in [0.1, 0.15) is 6.17 Å². The minimum absolute atomic E-state index is 0.307. The molecule has 0 N–H and O–H groups in total. The van der Waals surface area contributed by atoms with Crippen LogP contribution >= 0.6 is 11.6 Å². The Bertz CT molecular complexity index is 1050. The number of esters is 1. The quantitative estimate of drug-likeness (QED) is 0.378. The number of nitrogens with zero attached hydrogens (tertiary/aromatic N) is 3. The lowest BCUT2D eigenvalue weighted by atomic mass is 9.62.